The van der Waals surface area contributed by atoms with Crippen LogP contribution in [0.2, 0.25) is 0 Å². The molecule has 0 unspecified atom stereocenters. The van der Waals surface area contributed by atoms with Crippen LogP contribution in [0.1, 0.15) is 52.0 Å². The van der Waals surface area contributed by atoms with E-state index in [1.54, 1.807) is 36.5 Å². The molecule has 0 aliphatic heterocycles. The monoisotopic (exact) mass is 443 g/mol. The Balaban J connectivity index is 1.76. The lowest BCUT2D eigenvalue weighted by molar-refractivity contribution is 0.0949. The molecule has 1 heterocycles. The first kappa shape index (κ1) is 22.0. The van der Waals surface area contributed by atoms with E-state index in [0.29, 0.717) is 29.3 Å². The highest BCUT2D eigenvalue weighted by atomic mass is 32.2. The van der Waals surface area contributed by atoms with Crippen molar-refractivity contribution >= 4 is 33.0 Å². The number of amides is 1. The number of sulfonamides is 1. The van der Waals surface area contributed by atoms with Crippen molar-refractivity contribution in [2.24, 2.45) is 0 Å². The Hall–Kier alpha value is -2.71. The van der Waals surface area contributed by atoms with Crippen LogP contribution in [0.25, 0.3) is 0 Å². The number of aryl methyl sites for hydroxylation is 2. The summed E-state index contributed by atoms with van der Waals surface area (Å²) >= 11 is 1.57. The lowest BCUT2D eigenvalue weighted by Gasteiger charge is -2.12. The number of nitrogens with zero attached hydrogens (tertiary/aromatic N) is 1. The topological polar surface area (TPSA) is 88.2 Å². The number of rotatable bonds is 7. The van der Waals surface area contributed by atoms with Crippen LogP contribution in [0.15, 0.2) is 52.7 Å². The number of aromatic nitrogens is 1. The van der Waals surface area contributed by atoms with E-state index in [9.17, 15) is 13.2 Å². The first-order valence-electron chi connectivity index (χ1n) is 9.58. The maximum absolute atomic E-state index is 12.8. The molecule has 2 N–H and O–H groups in total. The van der Waals surface area contributed by atoms with Crippen molar-refractivity contribution in [1.82, 2.24) is 10.3 Å². The number of hydrogen-bond donors (Lipinski definition) is 2. The second kappa shape index (κ2) is 8.97. The smallest absolute Gasteiger partial charge is 0.261 e. The number of thiazole rings is 1. The molecule has 3 rings (SSSR count). The van der Waals surface area contributed by atoms with Gasteiger partial charge in [0.1, 0.15) is 0 Å². The first-order chi connectivity index (χ1) is 14.2. The normalized spacial score (nSPS) is 11.5. The second-order valence-electron chi connectivity index (χ2n) is 7.46. The Morgan fingerprint density at radius 3 is 2.43 bits per heavy atom. The van der Waals surface area contributed by atoms with Crippen LogP contribution < -0.4 is 10.0 Å². The molecule has 0 radical (unpaired) electrons. The molecule has 0 spiro atoms. The molecule has 0 bridgehead atoms. The zero-order valence-electron chi connectivity index (χ0n) is 17.4. The summed E-state index contributed by atoms with van der Waals surface area (Å²) in [6.45, 7) is 8.14. The standard InChI is InChI=1S/C22H25N3O3S2/c1-14(2)22-24-18(13-29-22)12-23-21(26)20-11-19(10-7-16(20)4)30(27,28)25-17-8-5-15(3)6-9-17/h5-11,13-14,25H,12H2,1-4H3,(H,23,26). The summed E-state index contributed by atoms with van der Waals surface area (Å²) in [6.07, 6.45) is 0. The van der Waals surface area contributed by atoms with Crippen molar-refractivity contribution in [3.8, 4) is 0 Å². The van der Waals surface area contributed by atoms with Crippen molar-refractivity contribution < 1.29 is 13.2 Å². The summed E-state index contributed by atoms with van der Waals surface area (Å²) in [5, 5.41) is 5.78. The number of nitrogens with one attached hydrogen (secondary N) is 2. The van der Waals surface area contributed by atoms with Crippen molar-refractivity contribution in [3.63, 3.8) is 0 Å². The van der Waals surface area contributed by atoms with Crippen LogP contribution in [0.4, 0.5) is 5.69 Å². The third-order valence-corrected chi connectivity index (χ3v) is 7.13. The van der Waals surface area contributed by atoms with Crippen molar-refractivity contribution in [2.45, 2.75) is 45.1 Å². The average Bonchev–Trinajstić information content (AvgIpc) is 3.17. The van der Waals surface area contributed by atoms with E-state index >= 15 is 0 Å². The fourth-order valence-electron chi connectivity index (χ4n) is 2.78. The zero-order valence-corrected chi connectivity index (χ0v) is 19.0. The minimum absolute atomic E-state index is 0.0366. The van der Waals surface area contributed by atoms with Crippen molar-refractivity contribution in [3.05, 3.63) is 75.2 Å². The van der Waals surface area contributed by atoms with Crippen molar-refractivity contribution in [1.29, 1.82) is 0 Å². The third-order valence-electron chi connectivity index (χ3n) is 4.56. The number of carbonyl (C=O) groups excluding carboxylic acids is 1. The van der Waals surface area contributed by atoms with Crippen LogP contribution >= 0.6 is 11.3 Å². The van der Waals surface area contributed by atoms with Gasteiger partial charge in [-0.2, -0.15) is 0 Å². The van der Waals surface area contributed by atoms with Crippen LogP contribution in [-0.4, -0.2) is 19.3 Å². The molecule has 0 saturated carbocycles. The molecule has 1 amide bonds. The summed E-state index contributed by atoms with van der Waals surface area (Å²) in [6, 6.07) is 11.6. The molecule has 0 saturated heterocycles. The van der Waals surface area contributed by atoms with Gasteiger partial charge >= 0.3 is 0 Å². The Bertz CT molecular complexity index is 1150. The predicted molar refractivity (Wildman–Crippen MR) is 121 cm³/mol. The fourth-order valence-corrected chi connectivity index (χ4v) is 4.70. The first-order valence-corrected chi connectivity index (χ1v) is 11.9. The molecule has 2 aromatic carbocycles. The number of carbonyl (C=O) groups is 1. The Labute approximate surface area is 181 Å². The molecule has 6 nitrogen and oxygen atoms in total. The van der Waals surface area contributed by atoms with Gasteiger partial charge in [0.15, 0.2) is 0 Å². The minimum Gasteiger partial charge on any atom is -0.346 e. The molecule has 0 aliphatic rings. The van der Waals surface area contributed by atoms with Gasteiger partial charge in [0.05, 0.1) is 22.1 Å². The van der Waals surface area contributed by atoms with Crippen LogP contribution in [0.5, 0.6) is 0 Å². The highest BCUT2D eigenvalue weighted by molar-refractivity contribution is 7.92. The SMILES string of the molecule is Cc1ccc(NS(=O)(=O)c2ccc(C)c(C(=O)NCc3csc(C(C)C)n3)c2)cc1. The lowest BCUT2D eigenvalue weighted by Crippen LogP contribution is -2.24. The number of anilines is 1. The summed E-state index contributed by atoms with van der Waals surface area (Å²) in [5.74, 6) is 0.00333. The maximum atomic E-state index is 12.8. The lowest BCUT2D eigenvalue weighted by atomic mass is 10.1. The minimum atomic E-state index is -3.81. The van der Waals surface area contributed by atoms with Crippen molar-refractivity contribution in [2.75, 3.05) is 4.72 Å². The van der Waals surface area contributed by atoms with Crippen LogP contribution in [0, 0.1) is 13.8 Å². The van der Waals surface area contributed by atoms with Gasteiger partial charge in [-0.1, -0.05) is 37.6 Å². The second-order valence-corrected chi connectivity index (χ2v) is 10.0. The zero-order chi connectivity index (χ0) is 21.9. The molecular weight excluding hydrogens is 418 g/mol. The molecule has 0 fully saturated rings. The fraction of sp³-hybridized carbons (Fsp3) is 0.273. The van der Waals surface area contributed by atoms with Gasteiger partial charge < -0.3 is 5.32 Å². The van der Waals surface area contributed by atoms with Crippen LogP contribution in [-0.2, 0) is 16.6 Å². The summed E-state index contributed by atoms with van der Waals surface area (Å²) in [5.41, 5.74) is 3.31. The van der Waals surface area contributed by atoms with Gasteiger partial charge in [0.2, 0.25) is 0 Å². The van der Waals surface area contributed by atoms with E-state index in [1.807, 2.05) is 24.4 Å². The van der Waals surface area contributed by atoms with E-state index in [-0.39, 0.29) is 10.8 Å². The average molecular weight is 444 g/mol. The van der Waals surface area contributed by atoms with E-state index in [0.717, 1.165) is 16.3 Å². The summed E-state index contributed by atoms with van der Waals surface area (Å²) in [7, 11) is -3.81. The quantitative estimate of drug-likeness (QED) is 0.558. The Kier molecular flexibility index (Phi) is 6.58. The van der Waals surface area contributed by atoms with Gasteiger partial charge in [-0.25, -0.2) is 13.4 Å². The molecule has 0 aliphatic carbocycles. The largest absolute Gasteiger partial charge is 0.346 e. The third kappa shape index (κ3) is 5.25. The van der Waals surface area contributed by atoms with E-state index in [2.05, 4.69) is 28.9 Å². The number of hydrogen-bond acceptors (Lipinski definition) is 5. The Morgan fingerprint density at radius 2 is 1.80 bits per heavy atom. The molecule has 1 aromatic heterocycles. The van der Waals surface area contributed by atoms with E-state index < -0.39 is 10.0 Å². The summed E-state index contributed by atoms with van der Waals surface area (Å²) in [4.78, 5) is 17.2. The van der Waals surface area contributed by atoms with Gasteiger partial charge in [-0.15, -0.1) is 11.3 Å². The van der Waals surface area contributed by atoms with Gasteiger partial charge in [-0.05, 0) is 43.7 Å². The molecule has 0 atom stereocenters. The maximum Gasteiger partial charge on any atom is 0.261 e. The highest BCUT2D eigenvalue weighted by Crippen LogP contribution is 2.21. The van der Waals surface area contributed by atoms with Crippen LogP contribution in [0.3, 0.4) is 0 Å². The molecule has 3 aromatic rings. The molecule has 158 valence electrons. The Morgan fingerprint density at radius 1 is 1.10 bits per heavy atom. The van der Waals surface area contributed by atoms with Gasteiger partial charge in [0, 0.05) is 22.5 Å². The van der Waals surface area contributed by atoms with E-state index in [4.69, 9.17) is 0 Å². The summed E-state index contributed by atoms with van der Waals surface area (Å²) < 4.78 is 28.1. The van der Waals surface area contributed by atoms with Gasteiger partial charge in [-0.3, -0.25) is 9.52 Å². The highest BCUT2D eigenvalue weighted by Gasteiger charge is 2.18. The number of benzene rings is 2. The molecule has 30 heavy (non-hydrogen) atoms. The van der Waals surface area contributed by atoms with E-state index in [1.165, 1.54) is 12.1 Å². The molecule has 8 heteroatoms. The van der Waals surface area contributed by atoms with Gasteiger partial charge in [0.25, 0.3) is 15.9 Å². The predicted octanol–water partition coefficient (Wildman–Crippen LogP) is 4.61. The molecular formula is C22H25N3O3S2.